The lowest BCUT2D eigenvalue weighted by atomic mass is 10.1. The maximum absolute atomic E-state index is 13.8. The number of anilines is 3. The first-order chi connectivity index (χ1) is 20.6. The van der Waals surface area contributed by atoms with Crippen molar-refractivity contribution in [1.29, 1.82) is 0 Å². The first-order valence-electron chi connectivity index (χ1n) is 13.1. The molecule has 16 heteroatoms. The van der Waals surface area contributed by atoms with Crippen molar-refractivity contribution in [1.82, 2.24) is 29.5 Å². The van der Waals surface area contributed by atoms with Gasteiger partial charge in [-0.05, 0) is 30.3 Å². The number of nitrogens with one attached hydrogen (secondary N) is 2. The van der Waals surface area contributed by atoms with Gasteiger partial charge in [0.2, 0.25) is 5.95 Å². The number of esters is 1. The Kier molecular flexibility index (Phi) is 7.62. The van der Waals surface area contributed by atoms with Gasteiger partial charge in [0.1, 0.15) is 17.2 Å². The highest BCUT2D eigenvalue weighted by Gasteiger charge is 2.35. The van der Waals surface area contributed by atoms with Crippen LogP contribution in [0, 0.1) is 5.82 Å². The van der Waals surface area contributed by atoms with E-state index in [0.29, 0.717) is 37.4 Å². The second-order valence-corrected chi connectivity index (χ2v) is 10.1. The number of hydrogen-bond donors (Lipinski definition) is 2. The molecule has 0 aliphatic carbocycles. The van der Waals surface area contributed by atoms with Crippen LogP contribution in [0.15, 0.2) is 36.5 Å². The smallest absolute Gasteiger partial charge is 0.435 e. The van der Waals surface area contributed by atoms with E-state index in [1.54, 1.807) is 0 Å². The van der Waals surface area contributed by atoms with E-state index < -0.39 is 23.7 Å². The zero-order chi connectivity index (χ0) is 30.3. The Balaban J connectivity index is 1.50. The number of hydrogen-bond acceptors (Lipinski definition) is 10. The monoisotopic (exact) mass is 618 g/mol. The van der Waals surface area contributed by atoms with Gasteiger partial charge in [-0.25, -0.2) is 23.7 Å². The summed E-state index contributed by atoms with van der Waals surface area (Å²) in [6, 6.07) is 6.23. The molecule has 0 atom stereocenters. The molecule has 1 fully saturated rings. The predicted molar refractivity (Wildman–Crippen MR) is 150 cm³/mol. The number of carbonyl (C=O) groups is 1. The second-order valence-electron chi connectivity index (χ2n) is 9.66. The van der Waals surface area contributed by atoms with E-state index in [4.69, 9.17) is 21.1 Å². The molecule has 0 amide bonds. The van der Waals surface area contributed by atoms with Gasteiger partial charge in [0.25, 0.3) is 0 Å². The Morgan fingerprint density at radius 2 is 1.93 bits per heavy atom. The van der Waals surface area contributed by atoms with Gasteiger partial charge in [-0.1, -0.05) is 11.6 Å². The van der Waals surface area contributed by atoms with Crippen LogP contribution in [-0.2, 0) is 15.7 Å². The van der Waals surface area contributed by atoms with Crippen LogP contribution in [0.5, 0.6) is 0 Å². The maximum Gasteiger partial charge on any atom is 0.435 e. The van der Waals surface area contributed by atoms with Crippen molar-refractivity contribution in [3.63, 3.8) is 0 Å². The number of morpholine rings is 1. The van der Waals surface area contributed by atoms with Crippen LogP contribution in [0.25, 0.3) is 27.5 Å². The van der Waals surface area contributed by atoms with E-state index in [1.807, 2.05) is 0 Å². The Labute approximate surface area is 245 Å². The second kappa shape index (κ2) is 11.4. The number of pyridine rings is 2. The summed E-state index contributed by atoms with van der Waals surface area (Å²) in [4.78, 5) is 28.3. The lowest BCUT2D eigenvalue weighted by Gasteiger charge is -2.26. The largest absolute Gasteiger partial charge is 0.465 e. The van der Waals surface area contributed by atoms with Crippen molar-refractivity contribution < 1.29 is 31.8 Å². The Bertz CT molecular complexity index is 1860. The maximum atomic E-state index is 13.8. The van der Waals surface area contributed by atoms with Crippen molar-refractivity contribution in [3.8, 4) is 0 Å². The first-order valence-corrected chi connectivity index (χ1v) is 13.4. The number of fused-ring (bicyclic) bond motifs is 6. The fraction of sp³-hybridized carbons (Fsp3) is 0.296. The van der Waals surface area contributed by atoms with E-state index >= 15 is 0 Å². The van der Waals surface area contributed by atoms with Crippen molar-refractivity contribution >= 4 is 62.5 Å². The van der Waals surface area contributed by atoms with Crippen LogP contribution in [0.1, 0.15) is 16.1 Å². The van der Waals surface area contributed by atoms with Crippen LogP contribution in [0.2, 0.25) is 5.02 Å². The van der Waals surface area contributed by atoms with E-state index in [-0.39, 0.29) is 44.4 Å². The summed E-state index contributed by atoms with van der Waals surface area (Å²) in [7, 11) is 1.22. The number of carbonyl (C=O) groups excluding carboxylic acids is 1. The molecule has 0 spiro atoms. The molecule has 1 aliphatic rings. The van der Waals surface area contributed by atoms with Gasteiger partial charge in [0, 0.05) is 48.8 Å². The lowest BCUT2D eigenvalue weighted by Crippen LogP contribution is -2.39. The average molecular weight is 619 g/mol. The van der Waals surface area contributed by atoms with Crippen LogP contribution < -0.4 is 10.6 Å². The number of aromatic nitrogens is 5. The number of alkyl halides is 3. The summed E-state index contributed by atoms with van der Waals surface area (Å²) in [6.45, 7) is 3.78. The third-order valence-electron chi connectivity index (χ3n) is 6.93. The molecule has 6 rings (SSSR count). The average Bonchev–Trinajstić information content (AvgIpc) is 3.46. The summed E-state index contributed by atoms with van der Waals surface area (Å²) >= 11 is 5.87. The van der Waals surface area contributed by atoms with Crippen LogP contribution in [0.4, 0.5) is 35.0 Å². The highest BCUT2D eigenvalue weighted by Crippen LogP contribution is 2.35. The zero-order valence-corrected chi connectivity index (χ0v) is 23.3. The SMILES string of the molecule is COC(=O)c1cc2c3cnc(Nc4ccc(F)c(Cl)c4)nc3n3nc(C(F)(F)F)cc3c2nc1NCCN1CCOCC1. The number of rotatable bonds is 7. The van der Waals surface area contributed by atoms with Gasteiger partial charge in [-0.3, -0.25) is 4.90 Å². The number of benzene rings is 1. The molecule has 0 bridgehead atoms. The molecule has 2 N–H and O–H groups in total. The summed E-state index contributed by atoms with van der Waals surface area (Å²) < 4.78 is 66.5. The van der Waals surface area contributed by atoms with Gasteiger partial charge < -0.3 is 20.1 Å². The fourth-order valence-corrected chi connectivity index (χ4v) is 4.99. The van der Waals surface area contributed by atoms with Gasteiger partial charge in [-0.2, -0.15) is 23.3 Å². The van der Waals surface area contributed by atoms with E-state index in [0.717, 1.165) is 29.7 Å². The van der Waals surface area contributed by atoms with E-state index in [9.17, 15) is 22.4 Å². The molecule has 5 heterocycles. The van der Waals surface area contributed by atoms with Gasteiger partial charge in [0.05, 0.1) is 36.4 Å². The first kappa shape index (κ1) is 28.8. The van der Waals surface area contributed by atoms with Crippen molar-refractivity contribution in [2.24, 2.45) is 0 Å². The predicted octanol–water partition coefficient (Wildman–Crippen LogP) is 4.91. The standard InChI is InChI=1S/C27H23ClF4N8O3/c1-42-25(41)16-11-15-17-13-34-26(35-14-2-3-19(29)18(28)10-14)37-24(17)40-20(12-21(38-40)27(30,31)32)22(15)36-23(16)33-4-5-39-6-8-43-9-7-39/h2-3,10-13H,4-9H2,1H3,(H,33,36)(H,34,35,37). The molecule has 4 aromatic heterocycles. The summed E-state index contributed by atoms with van der Waals surface area (Å²) in [5, 5.41) is 10.2. The highest BCUT2D eigenvalue weighted by atomic mass is 35.5. The molecule has 1 aromatic carbocycles. The van der Waals surface area contributed by atoms with E-state index in [2.05, 4.69) is 35.6 Å². The molecular formula is C27H23ClF4N8O3. The summed E-state index contributed by atoms with van der Waals surface area (Å²) in [5.41, 5.74) is -0.554. The van der Waals surface area contributed by atoms with Crippen LogP contribution in [0.3, 0.4) is 0 Å². The highest BCUT2D eigenvalue weighted by molar-refractivity contribution is 6.31. The minimum Gasteiger partial charge on any atom is -0.465 e. The van der Waals surface area contributed by atoms with Crippen molar-refractivity contribution in [2.45, 2.75) is 6.18 Å². The number of methoxy groups -OCH3 is 1. The normalized spacial score (nSPS) is 14.5. The number of halogens is 5. The van der Waals surface area contributed by atoms with Crippen molar-refractivity contribution in [2.75, 3.05) is 57.1 Å². The van der Waals surface area contributed by atoms with Gasteiger partial charge >= 0.3 is 12.1 Å². The Morgan fingerprint density at radius 3 is 2.65 bits per heavy atom. The lowest BCUT2D eigenvalue weighted by molar-refractivity contribution is -0.141. The molecule has 0 unspecified atom stereocenters. The molecule has 0 saturated carbocycles. The Morgan fingerprint density at radius 1 is 1.14 bits per heavy atom. The third kappa shape index (κ3) is 5.70. The fourth-order valence-electron chi connectivity index (χ4n) is 4.81. The molecule has 0 radical (unpaired) electrons. The number of ether oxygens (including phenoxy) is 2. The van der Waals surface area contributed by atoms with Crippen LogP contribution >= 0.6 is 11.6 Å². The molecular weight excluding hydrogens is 596 g/mol. The minimum atomic E-state index is -4.76. The summed E-state index contributed by atoms with van der Waals surface area (Å²) in [6.07, 6.45) is -3.38. The quantitative estimate of drug-likeness (QED) is 0.148. The van der Waals surface area contributed by atoms with Crippen molar-refractivity contribution in [3.05, 3.63) is 58.6 Å². The molecule has 5 aromatic rings. The molecule has 224 valence electrons. The van der Waals surface area contributed by atoms with Crippen LogP contribution in [-0.4, -0.2) is 81.9 Å². The minimum absolute atomic E-state index is 0.00866. The van der Waals surface area contributed by atoms with Gasteiger partial charge in [-0.15, -0.1) is 0 Å². The Hall–Kier alpha value is -4.34. The zero-order valence-electron chi connectivity index (χ0n) is 22.5. The number of nitrogens with zero attached hydrogens (tertiary/aromatic N) is 6. The van der Waals surface area contributed by atoms with Gasteiger partial charge in [0.15, 0.2) is 11.3 Å². The molecule has 1 aliphatic heterocycles. The van der Waals surface area contributed by atoms with E-state index in [1.165, 1.54) is 31.5 Å². The molecule has 43 heavy (non-hydrogen) atoms. The summed E-state index contributed by atoms with van der Waals surface area (Å²) in [5.74, 6) is -1.17. The topological polar surface area (TPSA) is 119 Å². The molecule has 1 saturated heterocycles. The third-order valence-corrected chi connectivity index (χ3v) is 7.22. The molecule has 11 nitrogen and oxygen atoms in total.